The molecule has 0 fully saturated rings. The van der Waals surface area contributed by atoms with E-state index < -0.39 is 0 Å². The van der Waals surface area contributed by atoms with Crippen molar-refractivity contribution in [3.8, 4) is 0 Å². The zero-order chi connectivity index (χ0) is 51.2. The molecule has 5 aliphatic carbocycles. The summed E-state index contributed by atoms with van der Waals surface area (Å²) in [7, 11) is 0. The van der Waals surface area contributed by atoms with E-state index in [4.69, 9.17) is 0 Å². The fraction of sp³-hybridized carbons (Fsp3) is 0.565. The topological polar surface area (TPSA) is 0 Å². The van der Waals surface area contributed by atoms with Crippen molar-refractivity contribution in [2.24, 2.45) is 29.6 Å². The fourth-order valence-corrected chi connectivity index (χ4v) is 8.23. The molecule has 0 radical (unpaired) electrons. The first kappa shape index (κ1) is 63.1. The van der Waals surface area contributed by atoms with Crippen LogP contribution in [0.3, 0.4) is 0 Å². The lowest BCUT2D eigenvalue weighted by Gasteiger charge is -2.13. The lowest BCUT2D eigenvalue weighted by atomic mass is 9.92. The average Bonchev–Trinajstić information content (AvgIpc) is 3.94. The third kappa shape index (κ3) is 34.1. The van der Waals surface area contributed by atoms with Gasteiger partial charge in [0, 0.05) is 0 Å². The average molecular weight is 938 g/mol. The lowest BCUT2D eigenvalue weighted by molar-refractivity contribution is 0.685. The minimum Gasteiger partial charge on any atom is -0.0630 e. The molecule has 0 aromatic heterocycles. The van der Waals surface area contributed by atoms with Gasteiger partial charge >= 0.3 is 0 Å². The number of hydrogen-bond acceptors (Lipinski definition) is 0. The highest BCUT2D eigenvalue weighted by Crippen LogP contribution is 2.23. The first-order valence-corrected chi connectivity index (χ1v) is 28.3. The summed E-state index contributed by atoms with van der Waals surface area (Å²) >= 11 is 0. The van der Waals surface area contributed by atoms with Gasteiger partial charge in [0.1, 0.15) is 0 Å². The Morgan fingerprint density at radius 1 is 0.174 bits per heavy atom. The molecular formula is C69H108. The van der Waals surface area contributed by atoms with E-state index in [0.717, 1.165) is 29.6 Å². The molecule has 5 aromatic rings. The van der Waals surface area contributed by atoms with Crippen LogP contribution in [-0.2, 0) is 64.2 Å². The van der Waals surface area contributed by atoms with Crippen molar-refractivity contribution in [2.45, 2.75) is 226 Å². The lowest BCUT2D eigenvalue weighted by Crippen LogP contribution is -2.00. The molecule has 0 heterocycles. The first-order chi connectivity index (χ1) is 33.0. The Kier molecular flexibility index (Phi) is 36.4. The first-order valence-electron chi connectivity index (χ1n) is 28.3. The Hall–Kier alpha value is -3.90. The predicted molar refractivity (Wildman–Crippen MR) is 313 cm³/mol. The highest BCUT2D eigenvalue weighted by atomic mass is 14.1. The maximum atomic E-state index is 2.28. The molecule has 0 unspecified atom stereocenters. The van der Waals surface area contributed by atoms with E-state index in [9.17, 15) is 0 Å². The minimum atomic E-state index is 0.833. The van der Waals surface area contributed by atoms with Crippen LogP contribution in [0.1, 0.15) is 217 Å². The highest BCUT2D eigenvalue weighted by molar-refractivity contribution is 5.32. The summed E-state index contributed by atoms with van der Waals surface area (Å²) in [5, 5.41) is 0. The molecular weight excluding hydrogens is 829 g/mol. The van der Waals surface area contributed by atoms with E-state index in [1.807, 2.05) is 0 Å². The number of hydrogen-bond donors (Lipinski definition) is 0. The SMILES string of the molecule is CC(C)C.CC(C)C.CC(C)C.CC(C)C.CC(C)C.c1ccc2c(c1)CCC2.c1ccc2c(c1)CCC2.c1ccc2c(c1)CCCC2.c1ccc2c(c1)CCCC2.c1ccc2c(c1)CCCCC2. The monoisotopic (exact) mass is 937 g/mol. The molecule has 0 heteroatoms. The smallest absolute Gasteiger partial charge is 0.0273 e. The van der Waals surface area contributed by atoms with Crippen LogP contribution in [-0.4, -0.2) is 0 Å². The second-order valence-corrected chi connectivity index (χ2v) is 23.2. The molecule has 384 valence electrons. The molecule has 5 aliphatic rings. The third-order valence-electron chi connectivity index (χ3n) is 11.1. The molecule has 5 aromatic carbocycles. The van der Waals surface area contributed by atoms with Crippen molar-refractivity contribution in [2.75, 3.05) is 0 Å². The fourth-order valence-electron chi connectivity index (χ4n) is 8.23. The molecule has 0 nitrogen and oxygen atoms in total. The summed E-state index contributed by atoms with van der Waals surface area (Å²) in [6, 6.07) is 43.9. The Labute approximate surface area is 430 Å². The van der Waals surface area contributed by atoms with Gasteiger partial charge in [0.25, 0.3) is 0 Å². The zero-order valence-corrected chi connectivity index (χ0v) is 47.9. The van der Waals surface area contributed by atoms with E-state index in [1.165, 1.54) is 122 Å². The van der Waals surface area contributed by atoms with Crippen LogP contribution in [0.4, 0.5) is 0 Å². The van der Waals surface area contributed by atoms with Crippen LogP contribution >= 0.6 is 0 Å². The number of benzene rings is 5. The van der Waals surface area contributed by atoms with Gasteiger partial charge in [-0.1, -0.05) is 232 Å². The van der Waals surface area contributed by atoms with Gasteiger partial charge < -0.3 is 0 Å². The second-order valence-electron chi connectivity index (χ2n) is 23.2. The van der Waals surface area contributed by atoms with Crippen LogP contribution < -0.4 is 0 Å². The molecule has 0 bridgehead atoms. The molecule has 0 aliphatic heterocycles. The van der Waals surface area contributed by atoms with Crippen molar-refractivity contribution in [3.05, 3.63) is 177 Å². The van der Waals surface area contributed by atoms with Crippen LogP contribution in [0.25, 0.3) is 0 Å². The normalized spacial score (nSPS) is 14.1. The van der Waals surface area contributed by atoms with Gasteiger partial charge in [0.2, 0.25) is 0 Å². The van der Waals surface area contributed by atoms with Gasteiger partial charge in [-0.05, 0) is 201 Å². The number of fused-ring (bicyclic) bond motifs is 5. The molecule has 69 heavy (non-hydrogen) atoms. The Morgan fingerprint density at radius 2 is 0.275 bits per heavy atom. The third-order valence-corrected chi connectivity index (χ3v) is 11.1. The summed E-state index contributed by atoms with van der Waals surface area (Å²) in [5.74, 6) is 4.17. The molecule has 0 amide bonds. The molecule has 10 rings (SSSR count). The Bertz CT molecular complexity index is 1680. The summed E-state index contributed by atoms with van der Waals surface area (Å²) in [6.45, 7) is 32.5. The van der Waals surface area contributed by atoms with E-state index in [-0.39, 0.29) is 0 Å². The van der Waals surface area contributed by atoms with Gasteiger partial charge in [-0.2, -0.15) is 0 Å². The van der Waals surface area contributed by atoms with E-state index >= 15 is 0 Å². The largest absolute Gasteiger partial charge is 0.0630 e. The summed E-state index contributed by atoms with van der Waals surface area (Å²) in [5.41, 5.74) is 15.8. The molecule has 0 N–H and O–H groups in total. The van der Waals surface area contributed by atoms with E-state index in [0.29, 0.717) is 0 Å². The summed E-state index contributed by atoms with van der Waals surface area (Å²) in [6.07, 6.45) is 25.5. The van der Waals surface area contributed by atoms with E-state index in [2.05, 4.69) is 225 Å². The zero-order valence-electron chi connectivity index (χ0n) is 47.9. The van der Waals surface area contributed by atoms with E-state index in [1.54, 1.807) is 55.6 Å². The van der Waals surface area contributed by atoms with Crippen LogP contribution in [0.5, 0.6) is 0 Å². The highest BCUT2D eigenvalue weighted by Gasteiger charge is 2.10. The van der Waals surface area contributed by atoms with Gasteiger partial charge in [0.15, 0.2) is 0 Å². The Morgan fingerprint density at radius 3 is 0.406 bits per heavy atom. The van der Waals surface area contributed by atoms with Crippen LogP contribution in [0.15, 0.2) is 121 Å². The van der Waals surface area contributed by atoms with Crippen LogP contribution in [0.2, 0.25) is 0 Å². The maximum absolute atomic E-state index is 2.28. The minimum absolute atomic E-state index is 0.833. The van der Waals surface area contributed by atoms with Crippen LogP contribution in [0, 0.1) is 29.6 Å². The van der Waals surface area contributed by atoms with Crippen molar-refractivity contribution in [3.63, 3.8) is 0 Å². The van der Waals surface area contributed by atoms with Crippen molar-refractivity contribution < 1.29 is 0 Å². The quantitative estimate of drug-likeness (QED) is 0.136. The van der Waals surface area contributed by atoms with Gasteiger partial charge in [0.05, 0.1) is 0 Å². The number of aryl methyl sites for hydroxylation is 10. The number of rotatable bonds is 0. The van der Waals surface area contributed by atoms with Crippen molar-refractivity contribution in [1.29, 1.82) is 0 Å². The summed E-state index contributed by atoms with van der Waals surface area (Å²) in [4.78, 5) is 0. The van der Waals surface area contributed by atoms with Gasteiger partial charge in [-0.25, -0.2) is 0 Å². The second kappa shape index (κ2) is 39.8. The molecule has 0 saturated heterocycles. The standard InChI is InChI=1S/C11H14.2C10H12.2C9H10.5C4H10/c1-2-6-10-8-4-5-9-11(10)7-3-1;2*1-2-6-10-8-4-3-7-9(10)5-1;2*1-2-5-9-7-3-6-8(9)4-1;5*1-4(2)3/h4-5,8-9H,1-3,6-7H2;2*1-2,5-6H,3-4,7-8H2;2*1-2,4-5H,3,6-7H2;5*4H,1-3H3. The van der Waals surface area contributed by atoms with Crippen molar-refractivity contribution in [1.82, 2.24) is 0 Å². The van der Waals surface area contributed by atoms with Gasteiger partial charge in [-0.15, -0.1) is 0 Å². The molecule has 0 atom stereocenters. The Balaban J connectivity index is 0.000000395. The molecule has 0 spiro atoms. The molecule has 0 saturated carbocycles. The van der Waals surface area contributed by atoms with Crippen molar-refractivity contribution >= 4 is 0 Å². The maximum Gasteiger partial charge on any atom is -0.0273 e. The van der Waals surface area contributed by atoms with Gasteiger partial charge in [-0.3, -0.25) is 0 Å². The predicted octanol–water partition coefficient (Wildman–Crippen LogP) is 20.7. The summed E-state index contributed by atoms with van der Waals surface area (Å²) < 4.78 is 0.